The first-order valence-electron chi connectivity index (χ1n) is 5.60. The Morgan fingerprint density at radius 2 is 1.94 bits per heavy atom. The maximum atomic E-state index is 11.1. The van der Waals surface area contributed by atoms with Crippen molar-refractivity contribution in [2.24, 2.45) is 0 Å². The summed E-state index contributed by atoms with van der Waals surface area (Å²) < 4.78 is 4.72. The Morgan fingerprint density at radius 3 is 2.72 bits per heavy atom. The van der Waals surface area contributed by atoms with Crippen LogP contribution in [0.25, 0.3) is 10.8 Å². The van der Waals surface area contributed by atoms with Gasteiger partial charge in [-0.2, -0.15) is 0 Å². The van der Waals surface area contributed by atoms with Gasteiger partial charge in [0.25, 0.3) is 0 Å². The lowest BCUT2D eigenvalue weighted by molar-refractivity contribution is -0.136. The number of esters is 1. The van der Waals surface area contributed by atoms with E-state index in [1.807, 2.05) is 12.1 Å². The Labute approximate surface area is 105 Å². The molecule has 0 aliphatic carbocycles. The third kappa shape index (κ3) is 2.80. The molecule has 0 spiro atoms. The first kappa shape index (κ1) is 12.0. The van der Waals surface area contributed by atoms with Crippen molar-refractivity contribution in [3.8, 4) is 17.6 Å². The zero-order chi connectivity index (χ0) is 13.0. The smallest absolute Gasteiger partial charge is 0.384 e. The highest BCUT2D eigenvalue weighted by Crippen LogP contribution is 2.20. The maximum absolute atomic E-state index is 11.1. The molecule has 0 amide bonds. The van der Waals surface area contributed by atoms with E-state index in [-0.39, 0.29) is 5.75 Å². The fourth-order valence-electron chi connectivity index (χ4n) is 1.60. The Hall–Kier alpha value is -2.47. The fourth-order valence-corrected chi connectivity index (χ4v) is 1.60. The van der Waals surface area contributed by atoms with Gasteiger partial charge in [-0.05, 0) is 42.0 Å². The van der Waals surface area contributed by atoms with Gasteiger partial charge >= 0.3 is 5.97 Å². The molecule has 0 saturated carbocycles. The quantitative estimate of drug-likeness (QED) is 0.615. The minimum absolute atomic E-state index is 0.229. The summed E-state index contributed by atoms with van der Waals surface area (Å²) in [5.74, 6) is 4.87. The van der Waals surface area contributed by atoms with E-state index >= 15 is 0 Å². The molecule has 0 aliphatic rings. The normalized spacial score (nSPS) is 9.61. The maximum Gasteiger partial charge on any atom is 0.384 e. The summed E-state index contributed by atoms with van der Waals surface area (Å²) >= 11 is 0. The highest BCUT2D eigenvalue weighted by molar-refractivity contribution is 5.90. The second kappa shape index (κ2) is 5.24. The average molecular weight is 240 g/mol. The highest BCUT2D eigenvalue weighted by atomic mass is 16.5. The van der Waals surface area contributed by atoms with Crippen molar-refractivity contribution < 1.29 is 14.6 Å². The number of carbonyl (C=O) groups excluding carboxylic acids is 1. The Morgan fingerprint density at radius 1 is 1.22 bits per heavy atom. The molecule has 0 atom stereocenters. The number of hydrogen-bond acceptors (Lipinski definition) is 3. The molecule has 2 aromatic carbocycles. The predicted octanol–water partition coefficient (Wildman–Crippen LogP) is 2.46. The molecule has 1 N–H and O–H groups in total. The molecule has 0 unspecified atom stereocenters. The molecular weight excluding hydrogens is 228 g/mol. The summed E-state index contributed by atoms with van der Waals surface area (Å²) in [7, 11) is 0. The van der Waals surface area contributed by atoms with Gasteiger partial charge in [-0.1, -0.05) is 18.1 Å². The minimum atomic E-state index is -0.525. The zero-order valence-corrected chi connectivity index (χ0v) is 9.93. The number of aromatic hydroxyl groups is 1. The summed E-state index contributed by atoms with van der Waals surface area (Å²) in [5.41, 5.74) is 0.737. The minimum Gasteiger partial charge on any atom is -0.508 e. The molecule has 0 aliphatic heterocycles. The van der Waals surface area contributed by atoms with Crippen LogP contribution in [0.5, 0.6) is 5.75 Å². The van der Waals surface area contributed by atoms with Gasteiger partial charge in [-0.25, -0.2) is 4.79 Å². The van der Waals surface area contributed by atoms with E-state index in [9.17, 15) is 9.90 Å². The van der Waals surface area contributed by atoms with Gasteiger partial charge in [-0.3, -0.25) is 0 Å². The summed E-state index contributed by atoms with van der Waals surface area (Å²) in [6, 6.07) is 10.6. The lowest BCUT2D eigenvalue weighted by Crippen LogP contribution is -1.99. The molecule has 90 valence electrons. The number of ether oxygens (including phenoxy) is 1. The summed E-state index contributed by atoms with van der Waals surface area (Å²) in [6.07, 6.45) is 0. The SMILES string of the molecule is CCOC(=O)C#Cc1ccc2cc(O)ccc2c1. The molecule has 3 heteroatoms. The van der Waals surface area contributed by atoms with Crippen molar-refractivity contribution >= 4 is 16.7 Å². The van der Waals surface area contributed by atoms with Crippen LogP contribution in [0.15, 0.2) is 36.4 Å². The molecule has 18 heavy (non-hydrogen) atoms. The third-order valence-electron chi connectivity index (χ3n) is 2.41. The number of rotatable bonds is 1. The molecular formula is C15H12O3. The Bertz CT molecular complexity index is 648. The van der Waals surface area contributed by atoms with Gasteiger partial charge < -0.3 is 9.84 Å². The van der Waals surface area contributed by atoms with Gasteiger partial charge in [0.15, 0.2) is 0 Å². The van der Waals surface area contributed by atoms with Crippen LogP contribution in [0, 0.1) is 11.8 Å². The number of fused-ring (bicyclic) bond motifs is 1. The van der Waals surface area contributed by atoms with Crippen LogP contribution >= 0.6 is 0 Å². The van der Waals surface area contributed by atoms with Gasteiger partial charge in [-0.15, -0.1) is 0 Å². The summed E-state index contributed by atoms with van der Waals surface area (Å²) in [6.45, 7) is 2.06. The summed E-state index contributed by atoms with van der Waals surface area (Å²) in [5, 5.41) is 11.2. The second-order valence-electron chi connectivity index (χ2n) is 3.72. The van der Waals surface area contributed by atoms with E-state index in [1.54, 1.807) is 31.2 Å². The topological polar surface area (TPSA) is 46.5 Å². The number of phenolic OH excluding ortho intramolecular Hbond substituents is 1. The van der Waals surface area contributed by atoms with E-state index in [1.165, 1.54) is 0 Å². The molecule has 0 aromatic heterocycles. The lowest BCUT2D eigenvalue weighted by atomic mass is 10.1. The average Bonchev–Trinajstić information content (AvgIpc) is 2.36. The highest BCUT2D eigenvalue weighted by Gasteiger charge is 1.97. The molecule has 0 fully saturated rings. The molecule has 0 radical (unpaired) electrons. The van der Waals surface area contributed by atoms with Crippen LogP contribution in [0.2, 0.25) is 0 Å². The van der Waals surface area contributed by atoms with Gasteiger partial charge in [0.1, 0.15) is 5.75 Å². The van der Waals surface area contributed by atoms with Crippen LogP contribution in [0.4, 0.5) is 0 Å². The largest absolute Gasteiger partial charge is 0.508 e. The molecule has 3 nitrogen and oxygen atoms in total. The monoisotopic (exact) mass is 240 g/mol. The Kier molecular flexibility index (Phi) is 3.49. The standard InChI is InChI=1S/C15H12O3/c1-2-18-15(17)8-4-11-3-5-13-10-14(16)7-6-12(13)9-11/h3,5-7,9-10,16H,2H2,1H3. The first-order chi connectivity index (χ1) is 8.69. The third-order valence-corrected chi connectivity index (χ3v) is 2.41. The number of carbonyl (C=O) groups is 1. The number of hydrogen-bond donors (Lipinski definition) is 1. The molecule has 0 heterocycles. The van der Waals surface area contributed by atoms with Crippen LogP contribution in [-0.2, 0) is 9.53 Å². The lowest BCUT2D eigenvalue weighted by Gasteiger charge is -1.99. The Balaban J connectivity index is 2.30. The van der Waals surface area contributed by atoms with E-state index in [2.05, 4.69) is 11.8 Å². The number of benzene rings is 2. The van der Waals surface area contributed by atoms with Crippen molar-refractivity contribution in [1.82, 2.24) is 0 Å². The van der Waals surface area contributed by atoms with Crippen LogP contribution in [-0.4, -0.2) is 17.7 Å². The van der Waals surface area contributed by atoms with E-state index in [0.717, 1.165) is 16.3 Å². The van der Waals surface area contributed by atoms with Crippen molar-refractivity contribution in [2.75, 3.05) is 6.61 Å². The molecule has 0 saturated heterocycles. The van der Waals surface area contributed by atoms with Crippen molar-refractivity contribution in [2.45, 2.75) is 6.92 Å². The van der Waals surface area contributed by atoms with Crippen molar-refractivity contribution in [3.05, 3.63) is 42.0 Å². The molecule has 0 bridgehead atoms. The zero-order valence-electron chi connectivity index (χ0n) is 9.93. The predicted molar refractivity (Wildman–Crippen MR) is 69.1 cm³/mol. The van der Waals surface area contributed by atoms with Gasteiger partial charge in [0, 0.05) is 11.5 Å². The van der Waals surface area contributed by atoms with Crippen molar-refractivity contribution in [1.29, 1.82) is 0 Å². The van der Waals surface area contributed by atoms with Gasteiger partial charge in [0.2, 0.25) is 0 Å². The number of phenols is 1. The van der Waals surface area contributed by atoms with Crippen molar-refractivity contribution in [3.63, 3.8) is 0 Å². The first-order valence-corrected chi connectivity index (χ1v) is 5.60. The second-order valence-corrected chi connectivity index (χ2v) is 3.72. The van der Waals surface area contributed by atoms with Gasteiger partial charge in [0.05, 0.1) is 6.61 Å². The van der Waals surface area contributed by atoms with E-state index in [4.69, 9.17) is 4.74 Å². The molecule has 2 rings (SSSR count). The fraction of sp³-hybridized carbons (Fsp3) is 0.133. The molecule has 2 aromatic rings. The summed E-state index contributed by atoms with van der Waals surface area (Å²) in [4.78, 5) is 11.1. The van der Waals surface area contributed by atoms with Crippen LogP contribution < -0.4 is 0 Å². The van der Waals surface area contributed by atoms with Crippen LogP contribution in [0.1, 0.15) is 12.5 Å². The van der Waals surface area contributed by atoms with E-state index < -0.39 is 5.97 Å². The van der Waals surface area contributed by atoms with E-state index in [0.29, 0.717) is 6.61 Å². The van der Waals surface area contributed by atoms with Crippen LogP contribution in [0.3, 0.4) is 0 Å².